The predicted octanol–water partition coefficient (Wildman–Crippen LogP) is 2.15. The van der Waals surface area contributed by atoms with Gasteiger partial charge in [-0.3, -0.25) is 4.79 Å². The largest absolute Gasteiger partial charge is 0.497 e. The summed E-state index contributed by atoms with van der Waals surface area (Å²) >= 11 is 4.82. The van der Waals surface area contributed by atoms with Gasteiger partial charge in [-0.1, -0.05) is 0 Å². The number of aliphatic carboxylic acids is 1. The van der Waals surface area contributed by atoms with Gasteiger partial charge >= 0.3 is 5.97 Å². The van der Waals surface area contributed by atoms with Gasteiger partial charge in [-0.2, -0.15) is 11.8 Å². The number of nitrogens with one attached hydrogen (secondary N) is 1. The van der Waals surface area contributed by atoms with E-state index < -0.39 is 17.4 Å². The summed E-state index contributed by atoms with van der Waals surface area (Å²) in [6.07, 6.45) is 0.431. The van der Waals surface area contributed by atoms with E-state index in [2.05, 4.69) is 21.2 Å². The molecule has 1 aromatic carbocycles. The Kier molecular flexibility index (Phi) is 4.59. The second-order valence-electron chi connectivity index (χ2n) is 4.49. The zero-order chi connectivity index (χ0) is 14.8. The molecule has 1 atom stereocenters. The first kappa shape index (κ1) is 15.2. The molecule has 1 amide bonds. The van der Waals surface area contributed by atoms with E-state index in [0.717, 1.165) is 5.75 Å². The van der Waals surface area contributed by atoms with Crippen LogP contribution in [0.4, 0.5) is 0 Å². The maximum Gasteiger partial charge on any atom is 0.330 e. The van der Waals surface area contributed by atoms with Crippen LogP contribution in [0.25, 0.3) is 0 Å². The third-order valence-corrected chi connectivity index (χ3v) is 5.08. The molecule has 0 bridgehead atoms. The van der Waals surface area contributed by atoms with Crippen LogP contribution in [0.15, 0.2) is 22.7 Å². The number of carbonyl (C=O) groups is 2. The van der Waals surface area contributed by atoms with Gasteiger partial charge in [0.05, 0.1) is 12.7 Å². The van der Waals surface area contributed by atoms with Crippen LogP contribution in [0.2, 0.25) is 0 Å². The summed E-state index contributed by atoms with van der Waals surface area (Å²) in [4.78, 5) is 23.8. The second kappa shape index (κ2) is 6.05. The zero-order valence-electron chi connectivity index (χ0n) is 10.8. The summed E-state index contributed by atoms with van der Waals surface area (Å²) in [6.45, 7) is 0. The van der Waals surface area contributed by atoms with Crippen molar-refractivity contribution in [3.05, 3.63) is 28.2 Å². The molecule has 0 saturated carbocycles. The van der Waals surface area contributed by atoms with Crippen molar-refractivity contribution < 1.29 is 19.4 Å². The normalized spacial score (nSPS) is 21.5. The van der Waals surface area contributed by atoms with E-state index in [1.807, 2.05) is 0 Å². The van der Waals surface area contributed by atoms with E-state index in [1.165, 1.54) is 18.9 Å². The Morgan fingerprint density at radius 1 is 1.50 bits per heavy atom. The monoisotopic (exact) mass is 359 g/mol. The highest BCUT2D eigenvalue weighted by Crippen LogP contribution is 2.30. The molecule has 108 valence electrons. The maximum atomic E-state index is 12.3. The van der Waals surface area contributed by atoms with Gasteiger partial charge in [0.15, 0.2) is 0 Å². The molecule has 0 radical (unpaired) electrons. The molecule has 1 aliphatic heterocycles. The Hall–Kier alpha value is -1.21. The lowest BCUT2D eigenvalue weighted by Crippen LogP contribution is -2.54. The highest BCUT2D eigenvalue weighted by atomic mass is 79.9. The molecule has 7 heteroatoms. The lowest BCUT2D eigenvalue weighted by Gasteiger charge is -2.24. The maximum absolute atomic E-state index is 12.3. The van der Waals surface area contributed by atoms with Gasteiger partial charge in [-0.05, 0) is 46.3 Å². The minimum absolute atomic E-state index is 0.363. The number of carboxylic acid groups (broad SMARTS) is 1. The quantitative estimate of drug-likeness (QED) is 0.861. The van der Waals surface area contributed by atoms with Gasteiger partial charge in [0.25, 0.3) is 5.91 Å². The van der Waals surface area contributed by atoms with Gasteiger partial charge in [0, 0.05) is 10.2 Å². The summed E-state index contributed by atoms with van der Waals surface area (Å²) < 4.78 is 5.68. The summed E-state index contributed by atoms with van der Waals surface area (Å²) in [5.74, 6) is 0.251. The van der Waals surface area contributed by atoms with Crippen LogP contribution in [0.5, 0.6) is 5.75 Å². The van der Waals surface area contributed by atoms with Gasteiger partial charge in [-0.15, -0.1) is 0 Å². The fourth-order valence-corrected chi connectivity index (χ4v) is 3.73. The number of rotatable bonds is 4. The van der Waals surface area contributed by atoms with Crippen LogP contribution in [-0.4, -0.2) is 41.1 Å². The molecule has 2 N–H and O–H groups in total. The average Bonchev–Trinajstić information content (AvgIpc) is 2.89. The van der Waals surface area contributed by atoms with E-state index in [-0.39, 0.29) is 0 Å². The average molecular weight is 360 g/mol. The van der Waals surface area contributed by atoms with Crippen molar-refractivity contribution in [2.45, 2.75) is 12.0 Å². The minimum atomic E-state index is -1.18. The zero-order valence-corrected chi connectivity index (χ0v) is 13.2. The number of amides is 1. The molecule has 0 unspecified atom stereocenters. The molecule has 0 aliphatic carbocycles. The summed E-state index contributed by atoms with van der Waals surface area (Å²) in [5.41, 5.74) is -0.813. The molecule has 1 aromatic rings. The Labute approximate surface area is 129 Å². The van der Waals surface area contributed by atoms with Gasteiger partial charge in [0.1, 0.15) is 11.3 Å². The number of halogens is 1. The Bertz CT molecular complexity index is 543. The number of carboxylic acids is 1. The van der Waals surface area contributed by atoms with E-state index in [4.69, 9.17) is 4.74 Å². The number of hydrogen-bond donors (Lipinski definition) is 2. The van der Waals surface area contributed by atoms with Crippen molar-refractivity contribution in [2.24, 2.45) is 0 Å². The fraction of sp³-hybridized carbons (Fsp3) is 0.385. The topological polar surface area (TPSA) is 75.6 Å². The second-order valence-corrected chi connectivity index (χ2v) is 6.45. The summed E-state index contributed by atoms with van der Waals surface area (Å²) in [7, 11) is 1.51. The third-order valence-electron chi connectivity index (χ3n) is 3.20. The Morgan fingerprint density at radius 3 is 2.80 bits per heavy atom. The van der Waals surface area contributed by atoms with Crippen LogP contribution < -0.4 is 10.1 Å². The van der Waals surface area contributed by atoms with Crippen molar-refractivity contribution in [1.82, 2.24) is 5.32 Å². The first-order chi connectivity index (χ1) is 9.48. The Balaban J connectivity index is 2.25. The van der Waals surface area contributed by atoms with Crippen LogP contribution in [0.1, 0.15) is 16.8 Å². The fourth-order valence-electron chi connectivity index (χ4n) is 1.98. The van der Waals surface area contributed by atoms with Crippen LogP contribution in [0.3, 0.4) is 0 Å². The van der Waals surface area contributed by atoms with Crippen molar-refractivity contribution >= 4 is 39.6 Å². The lowest BCUT2D eigenvalue weighted by atomic mass is 9.98. The molecule has 0 spiro atoms. The highest BCUT2D eigenvalue weighted by molar-refractivity contribution is 9.10. The van der Waals surface area contributed by atoms with Crippen molar-refractivity contribution in [3.8, 4) is 5.75 Å². The Morgan fingerprint density at radius 2 is 2.25 bits per heavy atom. The molecule has 2 rings (SSSR count). The van der Waals surface area contributed by atoms with E-state index >= 15 is 0 Å². The third kappa shape index (κ3) is 2.93. The molecule has 1 fully saturated rings. The molecule has 1 heterocycles. The first-order valence-corrected chi connectivity index (χ1v) is 7.90. The smallest absolute Gasteiger partial charge is 0.330 e. The van der Waals surface area contributed by atoms with Gasteiger partial charge < -0.3 is 15.2 Å². The number of carbonyl (C=O) groups excluding carboxylic acids is 1. The van der Waals surface area contributed by atoms with Gasteiger partial charge in [-0.25, -0.2) is 4.79 Å². The van der Waals surface area contributed by atoms with Crippen molar-refractivity contribution in [3.63, 3.8) is 0 Å². The molecule has 20 heavy (non-hydrogen) atoms. The number of hydrogen-bond acceptors (Lipinski definition) is 4. The molecular weight excluding hydrogens is 346 g/mol. The highest BCUT2D eigenvalue weighted by Gasteiger charge is 2.43. The molecule has 1 saturated heterocycles. The van der Waals surface area contributed by atoms with E-state index in [1.54, 1.807) is 18.2 Å². The minimum Gasteiger partial charge on any atom is -0.497 e. The van der Waals surface area contributed by atoms with Crippen molar-refractivity contribution in [1.29, 1.82) is 0 Å². The SMILES string of the molecule is COc1ccc(Br)c(C(=O)N[C@]2(C(=O)O)CCSC2)c1. The van der Waals surface area contributed by atoms with E-state index in [0.29, 0.717) is 28.0 Å². The number of methoxy groups -OCH3 is 1. The lowest BCUT2D eigenvalue weighted by molar-refractivity contribution is -0.143. The molecular formula is C13H14BrNO4S. The number of benzene rings is 1. The standard InChI is InChI=1S/C13H14BrNO4S/c1-19-8-2-3-10(14)9(6-8)11(16)15-13(12(17)18)4-5-20-7-13/h2-3,6H,4-5,7H2,1H3,(H,15,16)(H,17,18)/t13-/m1/s1. The predicted molar refractivity (Wildman–Crippen MR) is 80.5 cm³/mol. The molecule has 5 nitrogen and oxygen atoms in total. The van der Waals surface area contributed by atoms with Gasteiger partial charge in [0.2, 0.25) is 0 Å². The summed E-state index contributed by atoms with van der Waals surface area (Å²) in [5, 5.41) is 12.0. The number of thioether (sulfide) groups is 1. The number of ether oxygens (including phenoxy) is 1. The summed E-state index contributed by atoms with van der Waals surface area (Å²) in [6, 6.07) is 5.00. The van der Waals surface area contributed by atoms with Crippen LogP contribution >= 0.6 is 27.7 Å². The van der Waals surface area contributed by atoms with Crippen LogP contribution in [0, 0.1) is 0 Å². The van der Waals surface area contributed by atoms with Crippen molar-refractivity contribution in [2.75, 3.05) is 18.6 Å². The first-order valence-electron chi connectivity index (χ1n) is 5.96. The molecule has 1 aliphatic rings. The molecule has 0 aromatic heterocycles. The van der Waals surface area contributed by atoms with Crippen LogP contribution in [-0.2, 0) is 4.79 Å². The van der Waals surface area contributed by atoms with E-state index in [9.17, 15) is 14.7 Å².